The number of carbonyl (C=O) groups excluding carboxylic acids is 1. The molecular formula is C18H12ClNO2. The maximum Gasteiger partial charge on any atom is 0.256 e. The van der Waals surface area contributed by atoms with Crippen molar-refractivity contribution in [3.8, 4) is 5.75 Å². The quantitative estimate of drug-likeness (QED) is 0.804. The van der Waals surface area contributed by atoms with Crippen molar-refractivity contribution in [1.82, 2.24) is 0 Å². The molecule has 2 aromatic rings. The van der Waals surface area contributed by atoms with E-state index >= 15 is 0 Å². The Morgan fingerprint density at radius 3 is 2.95 bits per heavy atom. The number of rotatable bonds is 1. The topological polar surface area (TPSA) is 38.3 Å². The van der Waals surface area contributed by atoms with Crippen molar-refractivity contribution < 1.29 is 9.53 Å². The molecule has 4 heteroatoms. The number of anilines is 1. The summed E-state index contributed by atoms with van der Waals surface area (Å²) in [6.45, 7) is 0.438. The molecule has 2 aliphatic rings. The zero-order valence-corrected chi connectivity index (χ0v) is 12.4. The standard InChI is InChI=1S/C18H12ClNO2/c19-13-5-6-17-12(9-13)7-11(10-22-17)8-15-14-3-1-2-4-16(14)20-18(15)21/h1-9H,10H2,(H,20,21)/b15-8+. The second-order valence-corrected chi connectivity index (χ2v) is 5.68. The van der Waals surface area contributed by atoms with Crippen LogP contribution in [0, 0.1) is 0 Å². The molecule has 3 nitrogen and oxygen atoms in total. The summed E-state index contributed by atoms with van der Waals surface area (Å²) in [5.74, 6) is 0.724. The van der Waals surface area contributed by atoms with Crippen LogP contribution in [-0.4, -0.2) is 12.5 Å². The van der Waals surface area contributed by atoms with Crippen molar-refractivity contribution in [2.75, 3.05) is 11.9 Å². The first-order valence-corrected chi connectivity index (χ1v) is 7.34. The van der Waals surface area contributed by atoms with E-state index in [-0.39, 0.29) is 5.91 Å². The smallest absolute Gasteiger partial charge is 0.256 e. The van der Waals surface area contributed by atoms with Crippen LogP contribution < -0.4 is 10.1 Å². The van der Waals surface area contributed by atoms with Gasteiger partial charge in [-0.2, -0.15) is 0 Å². The molecule has 0 aliphatic carbocycles. The highest BCUT2D eigenvalue weighted by Crippen LogP contribution is 2.34. The van der Waals surface area contributed by atoms with Crippen molar-refractivity contribution in [3.63, 3.8) is 0 Å². The molecule has 2 aliphatic heterocycles. The van der Waals surface area contributed by atoms with Crippen LogP contribution in [0.2, 0.25) is 5.02 Å². The number of amides is 1. The van der Waals surface area contributed by atoms with Crippen molar-refractivity contribution in [3.05, 3.63) is 70.3 Å². The predicted molar refractivity (Wildman–Crippen MR) is 88.0 cm³/mol. The number of carbonyl (C=O) groups is 1. The highest BCUT2D eigenvalue weighted by atomic mass is 35.5. The van der Waals surface area contributed by atoms with E-state index in [2.05, 4.69) is 5.32 Å². The van der Waals surface area contributed by atoms with Crippen LogP contribution in [0.1, 0.15) is 11.1 Å². The number of fused-ring (bicyclic) bond motifs is 2. The van der Waals surface area contributed by atoms with Crippen LogP contribution in [0.25, 0.3) is 11.6 Å². The summed E-state index contributed by atoms with van der Waals surface area (Å²) in [5, 5.41) is 3.53. The van der Waals surface area contributed by atoms with Crippen LogP contribution in [0.5, 0.6) is 5.75 Å². The number of hydrogen-bond donors (Lipinski definition) is 1. The van der Waals surface area contributed by atoms with Crippen molar-refractivity contribution in [2.24, 2.45) is 0 Å². The molecule has 0 saturated heterocycles. The van der Waals surface area contributed by atoms with E-state index in [9.17, 15) is 4.79 Å². The van der Waals surface area contributed by atoms with Crippen molar-refractivity contribution in [2.45, 2.75) is 0 Å². The maximum atomic E-state index is 12.1. The molecule has 0 aromatic heterocycles. The van der Waals surface area contributed by atoms with Gasteiger partial charge in [0.1, 0.15) is 12.4 Å². The Labute approximate surface area is 132 Å². The summed E-state index contributed by atoms with van der Waals surface area (Å²) in [4.78, 5) is 12.1. The highest BCUT2D eigenvalue weighted by Gasteiger charge is 2.24. The number of para-hydroxylation sites is 1. The van der Waals surface area contributed by atoms with Gasteiger partial charge in [0, 0.05) is 27.4 Å². The summed E-state index contributed by atoms with van der Waals surface area (Å²) in [5.41, 5.74) is 4.30. The van der Waals surface area contributed by atoms with Gasteiger partial charge in [-0.1, -0.05) is 29.8 Å². The van der Waals surface area contributed by atoms with Gasteiger partial charge < -0.3 is 10.1 Å². The van der Waals surface area contributed by atoms with Crippen molar-refractivity contribution in [1.29, 1.82) is 0 Å². The average molecular weight is 310 g/mol. The fraction of sp³-hybridized carbons (Fsp3) is 0.0556. The molecule has 1 amide bonds. The Hall–Kier alpha value is -2.52. The van der Waals surface area contributed by atoms with Gasteiger partial charge in [0.2, 0.25) is 0 Å². The van der Waals surface area contributed by atoms with E-state index in [0.29, 0.717) is 17.2 Å². The lowest BCUT2D eigenvalue weighted by molar-refractivity contribution is -0.110. The Balaban J connectivity index is 1.76. The zero-order chi connectivity index (χ0) is 15.1. The molecular weight excluding hydrogens is 298 g/mol. The Bertz CT molecular complexity index is 852. The lowest BCUT2D eigenvalue weighted by Gasteiger charge is -2.16. The van der Waals surface area contributed by atoms with E-state index in [1.165, 1.54) is 0 Å². The zero-order valence-electron chi connectivity index (χ0n) is 11.6. The Morgan fingerprint density at radius 1 is 1.18 bits per heavy atom. The first kappa shape index (κ1) is 13.2. The third-order valence-corrected chi connectivity index (χ3v) is 3.98. The van der Waals surface area contributed by atoms with E-state index in [4.69, 9.17) is 16.3 Å². The second kappa shape index (κ2) is 5.04. The van der Waals surface area contributed by atoms with Gasteiger partial charge >= 0.3 is 0 Å². The van der Waals surface area contributed by atoms with E-state index < -0.39 is 0 Å². The average Bonchev–Trinajstić information content (AvgIpc) is 2.83. The largest absolute Gasteiger partial charge is 0.488 e. The third-order valence-electron chi connectivity index (χ3n) is 3.75. The lowest BCUT2D eigenvalue weighted by atomic mass is 10.0. The summed E-state index contributed by atoms with van der Waals surface area (Å²) in [7, 11) is 0. The summed E-state index contributed by atoms with van der Waals surface area (Å²) in [6.07, 6.45) is 3.89. The van der Waals surface area contributed by atoms with Gasteiger partial charge in [0.05, 0.1) is 0 Å². The van der Waals surface area contributed by atoms with Gasteiger partial charge in [-0.25, -0.2) is 0 Å². The molecule has 0 spiro atoms. The van der Waals surface area contributed by atoms with E-state index in [0.717, 1.165) is 28.1 Å². The number of nitrogens with one attached hydrogen (secondary N) is 1. The van der Waals surface area contributed by atoms with E-state index in [1.54, 1.807) is 6.07 Å². The normalized spacial score (nSPS) is 17.4. The minimum absolute atomic E-state index is 0.0843. The van der Waals surface area contributed by atoms with Crippen molar-refractivity contribution >= 4 is 34.8 Å². The van der Waals surface area contributed by atoms with Gasteiger partial charge in [-0.3, -0.25) is 4.79 Å². The third kappa shape index (κ3) is 2.20. The van der Waals surface area contributed by atoms with Crippen LogP contribution >= 0.6 is 11.6 Å². The first-order valence-electron chi connectivity index (χ1n) is 6.96. The lowest BCUT2D eigenvalue weighted by Crippen LogP contribution is -2.08. The first-order chi connectivity index (χ1) is 10.7. The SMILES string of the molecule is O=C1Nc2ccccc2/C1=C\C1=Cc2cc(Cl)ccc2OC1. The number of ether oxygens (including phenoxy) is 1. The second-order valence-electron chi connectivity index (χ2n) is 5.25. The van der Waals surface area contributed by atoms with Crippen LogP contribution in [0.4, 0.5) is 5.69 Å². The van der Waals surface area contributed by atoms with Gasteiger partial charge in [-0.05, 0) is 42.0 Å². The van der Waals surface area contributed by atoms with Gasteiger partial charge in [0.15, 0.2) is 0 Å². The summed E-state index contributed by atoms with van der Waals surface area (Å²) >= 11 is 6.02. The summed E-state index contributed by atoms with van der Waals surface area (Å²) in [6, 6.07) is 13.2. The Kier molecular flexibility index (Phi) is 3.01. The molecule has 0 unspecified atom stereocenters. The number of benzene rings is 2. The molecule has 2 aromatic carbocycles. The molecule has 2 heterocycles. The molecule has 0 atom stereocenters. The molecule has 1 N–H and O–H groups in total. The fourth-order valence-corrected chi connectivity index (χ4v) is 2.90. The van der Waals surface area contributed by atoms with Gasteiger partial charge in [0.25, 0.3) is 5.91 Å². The molecule has 0 bridgehead atoms. The molecule has 0 fully saturated rings. The van der Waals surface area contributed by atoms with Crippen LogP contribution in [-0.2, 0) is 4.79 Å². The molecule has 4 rings (SSSR count). The number of halogens is 1. The van der Waals surface area contributed by atoms with E-state index in [1.807, 2.05) is 48.6 Å². The van der Waals surface area contributed by atoms with Crippen LogP contribution in [0.15, 0.2) is 54.1 Å². The van der Waals surface area contributed by atoms with Gasteiger partial charge in [-0.15, -0.1) is 0 Å². The molecule has 108 valence electrons. The monoisotopic (exact) mass is 309 g/mol. The predicted octanol–water partition coefficient (Wildman–Crippen LogP) is 4.15. The highest BCUT2D eigenvalue weighted by molar-refractivity contribution is 6.32. The summed E-state index contributed by atoms with van der Waals surface area (Å²) < 4.78 is 5.72. The maximum absolute atomic E-state index is 12.1. The van der Waals surface area contributed by atoms with Crippen LogP contribution in [0.3, 0.4) is 0 Å². The molecule has 0 saturated carbocycles. The molecule has 22 heavy (non-hydrogen) atoms. The minimum Gasteiger partial charge on any atom is -0.488 e. The minimum atomic E-state index is -0.0843. The number of hydrogen-bond acceptors (Lipinski definition) is 2. The Morgan fingerprint density at radius 2 is 2.05 bits per heavy atom. The molecule has 0 radical (unpaired) electrons. The fourth-order valence-electron chi connectivity index (χ4n) is 2.72.